The number of nitrogens with one attached hydrogen (secondary N) is 1. The first-order chi connectivity index (χ1) is 8.50. The van der Waals surface area contributed by atoms with E-state index in [0.717, 1.165) is 23.0 Å². The van der Waals surface area contributed by atoms with E-state index in [1.54, 1.807) is 18.9 Å². The largest absolute Gasteiger partial charge is 0.495 e. The van der Waals surface area contributed by atoms with E-state index in [2.05, 4.69) is 24.2 Å². The molecule has 0 bridgehead atoms. The lowest BCUT2D eigenvalue weighted by Crippen LogP contribution is -2.27. The van der Waals surface area contributed by atoms with Gasteiger partial charge < -0.3 is 10.1 Å². The number of halogens is 1. The van der Waals surface area contributed by atoms with Crippen molar-refractivity contribution in [1.82, 2.24) is 0 Å². The molecule has 1 aromatic rings. The monoisotopic (exact) mass is 284 g/mol. The summed E-state index contributed by atoms with van der Waals surface area (Å²) in [5.74, 6) is 1.77. The molecule has 1 aliphatic rings. The third kappa shape index (κ3) is 3.33. The average molecular weight is 285 g/mol. The molecule has 3 nitrogen and oxygen atoms in total. The average Bonchev–Trinajstić information content (AvgIpc) is 2.28. The van der Waals surface area contributed by atoms with Crippen LogP contribution in [-0.4, -0.2) is 23.6 Å². The van der Waals surface area contributed by atoms with Crippen LogP contribution >= 0.6 is 23.4 Å². The van der Waals surface area contributed by atoms with Gasteiger partial charge in [0.15, 0.2) is 5.17 Å². The summed E-state index contributed by atoms with van der Waals surface area (Å²) in [4.78, 5) is 4.68. The molecule has 0 saturated carbocycles. The molecule has 2 rings (SSSR count). The van der Waals surface area contributed by atoms with Gasteiger partial charge in [0.05, 0.1) is 17.7 Å². The van der Waals surface area contributed by atoms with Crippen molar-refractivity contribution in [1.29, 1.82) is 0 Å². The number of amidine groups is 1. The molecule has 0 aromatic heterocycles. The van der Waals surface area contributed by atoms with Gasteiger partial charge in [-0.3, -0.25) is 4.99 Å². The fourth-order valence-corrected chi connectivity index (χ4v) is 3.25. The summed E-state index contributed by atoms with van der Waals surface area (Å²) < 4.78 is 5.13. The number of thioether (sulfide) groups is 1. The third-order valence-electron chi connectivity index (χ3n) is 2.76. The zero-order chi connectivity index (χ0) is 13.2. The van der Waals surface area contributed by atoms with Crippen molar-refractivity contribution in [2.45, 2.75) is 25.8 Å². The predicted octanol–water partition coefficient (Wildman–Crippen LogP) is 4.03. The highest BCUT2D eigenvalue weighted by molar-refractivity contribution is 8.14. The molecule has 0 atom stereocenters. The molecular formula is C13H17ClN2OS. The second-order valence-electron chi connectivity index (χ2n) is 4.80. The number of hydrogen-bond donors (Lipinski definition) is 1. The minimum atomic E-state index is 0.0177. The standard InChI is InChI=1S/C13H17ClN2OS/c1-13(2)6-7-18-12(16-13)15-9-4-5-11(17-3)10(14)8-9/h4-5,8H,6-7H2,1-3H3,(H,15,16). The number of anilines is 1. The van der Waals surface area contributed by atoms with Crippen molar-refractivity contribution in [3.8, 4) is 5.75 Å². The summed E-state index contributed by atoms with van der Waals surface area (Å²) in [5.41, 5.74) is 0.953. The Balaban J connectivity index is 2.14. The number of methoxy groups -OCH3 is 1. The number of rotatable bonds is 2. The molecule has 1 N–H and O–H groups in total. The van der Waals surface area contributed by atoms with Crippen molar-refractivity contribution in [2.75, 3.05) is 18.2 Å². The Kier molecular flexibility index (Phi) is 4.07. The van der Waals surface area contributed by atoms with Gasteiger partial charge in [0.1, 0.15) is 5.75 Å². The van der Waals surface area contributed by atoms with E-state index < -0.39 is 0 Å². The molecule has 18 heavy (non-hydrogen) atoms. The molecule has 0 aliphatic carbocycles. The highest BCUT2D eigenvalue weighted by Gasteiger charge is 2.22. The quantitative estimate of drug-likeness (QED) is 0.890. The lowest BCUT2D eigenvalue weighted by molar-refractivity contribution is 0.415. The van der Waals surface area contributed by atoms with Crippen molar-refractivity contribution < 1.29 is 4.74 Å². The number of nitrogens with zero attached hydrogens (tertiary/aromatic N) is 1. The number of ether oxygens (including phenoxy) is 1. The van der Waals surface area contributed by atoms with E-state index in [1.807, 2.05) is 18.2 Å². The summed E-state index contributed by atoms with van der Waals surface area (Å²) in [6.07, 6.45) is 1.10. The van der Waals surface area contributed by atoms with E-state index in [-0.39, 0.29) is 5.54 Å². The van der Waals surface area contributed by atoms with Crippen molar-refractivity contribution >= 4 is 34.2 Å². The summed E-state index contributed by atoms with van der Waals surface area (Å²) >= 11 is 7.83. The molecular weight excluding hydrogens is 268 g/mol. The molecule has 1 aliphatic heterocycles. The molecule has 98 valence electrons. The minimum absolute atomic E-state index is 0.0177. The fraction of sp³-hybridized carbons (Fsp3) is 0.462. The van der Waals surface area contributed by atoms with Crippen molar-refractivity contribution in [3.63, 3.8) is 0 Å². The first-order valence-corrected chi connectivity index (χ1v) is 7.20. The van der Waals surface area contributed by atoms with Crippen molar-refractivity contribution in [3.05, 3.63) is 23.2 Å². The van der Waals surface area contributed by atoms with Crippen LogP contribution in [0.2, 0.25) is 5.02 Å². The topological polar surface area (TPSA) is 33.6 Å². The number of aliphatic imine (C=N–C) groups is 1. The van der Waals surface area contributed by atoms with Gasteiger partial charge in [-0.1, -0.05) is 23.4 Å². The van der Waals surface area contributed by atoms with Crippen LogP contribution in [0.25, 0.3) is 0 Å². The van der Waals surface area contributed by atoms with Crippen LogP contribution in [0.4, 0.5) is 5.69 Å². The summed E-state index contributed by atoms with van der Waals surface area (Å²) in [7, 11) is 1.61. The predicted molar refractivity (Wildman–Crippen MR) is 80.2 cm³/mol. The number of benzene rings is 1. The summed E-state index contributed by atoms with van der Waals surface area (Å²) in [5, 5.41) is 4.85. The van der Waals surface area contributed by atoms with Crippen LogP contribution in [0, 0.1) is 0 Å². The smallest absolute Gasteiger partial charge is 0.161 e. The SMILES string of the molecule is COc1ccc(NC2=NC(C)(C)CCS2)cc1Cl. The fourth-order valence-electron chi connectivity index (χ4n) is 1.69. The zero-order valence-electron chi connectivity index (χ0n) is 10.8. The van der Waals surface area contributed by atoms with E-state index in [4.69, 9.17) is 16.3 Å². The van der Waals surface area contributed by atoms with Crippen LogP contribution in [-0.2, 0) is 0 Å². The Morgan fingerprint density at radius 3 is 2.83 bits per heavy atom. The summed E-state index contributed by atoms with van der Waals surface area (Å²) in [6, 6.07) is 5.64. The molecule has 0 saturated heterocycles. The maximum absolute atomic E-state index is 6.09. The van der Waals surface area contributed by atoms with Crippen LogP contribution in [0.15, 0.2) is 23.2 Å². The normalized spacial score (nSPS) is 18.1. The molecule has 5 heteroatoms. The Bertz CT molecular complexity index is 474. The lowest BCUT2D eigenvalue weighted by Gasteiger charge is -2.26. The van der Waals surface area contributed by atoms with E-state index >= 15 is 0 Å². The first kappa shape index (κ1) is 13.6. The van der Waals surface area contributed by atoms with E-state index in [9.17, 15) is 0 Å². The summed E-state index contributed by atoms with van der Waals surface area (Å²) in [6.45, 7) is 4.30. The Hall–Kier alpha value is -0.870. The van der Waals surface area contributed by atoms with Crippen LogP contribution < -0.4 is 10.1 Å². The third-order valence-corrected chi connectivity index (χ3v) is 3.93. The molecule has 0 spiro atoms. The van der Waals surface area contributed by atoms with Gasteiger partial charge in [0.25, 0.3) is 0 Å². The zero-order valence-corrected chi connectivity index (χ0v) is 12.4. The van der Waals surface area contributed by atoms with Gasteiger partial charge in [-0.2, -0.15) is 0 Å². The molecule has 0 fully saturated rings. The highest BCUT2D eigenvalue weighted by Crippen LogP contribution is 2.30. The van der Waals surface area contributed by atoms with Crippen LogP contribution in [0.1, 0.15) is 20.3 Å². The van der Waals surface area contributed by atoms with Crippen LogP contribution in [0.3, 0.4) is 0 Å². The molecule has 1 heterocycles. The molecule has 1 aromatic carbocycles. The van der Waals surface area contributed by atoms with Gasteiger partial charge in [0.2, 0.25) is 0 Å². The molecule has 0 amide bonds. The minimum Gasteiger partial charge on any atom is -0.495 e. The second kappa shape index (κ2) is 5.41. The molecule has 0 unspecified atom stereocenters. The second-order valence-corrected chi connectivity index (χ2v) is 6.29. The van der Waals surface area contributed by atoms with Gasteiger partial charge in [0, 0.05) is 11.4 Å². The Morgan fingerprint density at radius 1 is 1.44 bits per heavy atom. The van der Waals surface area contributed by atoms with E-state index in [0.29, 0.717) is 10.8 Å². The van der Waals surface area contributed by atoms with E-state index in [1.165, 1.54) is 0 Å². The van der Waals surface area contributed by atoms with Crippen LogP contribution in [0.5, 0.6) is 5.75 Å². The first-order valence-electron chi connectivity index (χ1n) is 5.83. The Morgan fingerprint density at radius 2 is 2.22 bits per heavy atom. The number of hydrogen-bond acceptors (Lipinski definition) is 4. The maximum atomic E-state index is 6.09. The maximum Gasteiger partial charge on any atom is 0.161 e. The van der Waals surface area contributed by atoms with Crippen molar-refractivity contribution in [2.24, 2.45) is 4.99 Å². The highest BCUT2D eigenvalue weighted by atomic mass is 35.5. The van der Waals surface area contributed by atoms with Gasteiger partial charge >= 0.3 is 0 Å². The van der Waals surface area contributed by atoms with Gasteiger partial charge in [-0.25, -0.2) is 0 Å². The lowest BCUT2D eigenvalue weighted by atomic mass is 10.0. The Labute approximate surface area is 117 Å². The van der Waals surface area contributed by atoms with Gasteiger partial charge in [-0.15, -0.1) is 0 Å². The molecule has 0 radical (unpaired) electrons. The van der Waals surface area contributed by atoms with Gasteiger partial charge in [-0.05, 0) is 38.5 Å².